The van der Waals surface area contributed by atoms with Crippen LogP contribution in [0.3, 0.4) is 0 Å². The third-order valence-corrected chi connectivity index (χ3v) is 4.22. The van der Waals surface area contributed by atoms with Crippen LogP contribution in [0.1, 0.15) is 24.5 Å². The predicted octanol–water partition coefficient (Wildman–Crippen LogP) is 1.29. The summed E-state index contributed by atoms with van der Waals surface area (Å²) in [6.07, 6.45) is 1.28. The van der Waals surface area contributed by atoms with Crippen LogP contribution in [0.25, 0.3) is 0 Å². The van der Waals surface area contributed by atoms with Gasteiger partial charge in [-0.1, -0.05) is 6.07 Å². The van der Waals surface area contributed by atoms with Gasteiger partial charge in [0.1, 0.15) is 0 Å². The number of β-amino-alcohol motifs (C(OH)–C–C–N with tert-alkyl or cyclic N) is 1. The normalized spacial score (nSPS) is 18.5. The lowest BCUT2D eigenvalue weighted by molar-refractivity contribution is 0.140. The van der Waals surface area contributed by atoms with E-state index in [4.69, 9.17) is 5.11 Å². The molecular formula is C16H24F2N2O2. The summed E-state index contributed by atoms with van der Waals surface area (Å²) in [5.74, 6) is -1.29. The van der Waals surface area contributed by atoms with Gasteiger partial charge >= 0.3 is 0 Å². The van der Waals surface area contributed by atoms with Crippen molar-refractivity contribution in [1.29, 1.82) is 0 Å². The summed E-state index contributed by atoms with van der Waals surface area (Å²) in [5.41, 5.74) is 0.379. The molecule has 1 saturated heterocycles. The summed E-state index contributed by atoms with van der Waals surface area (Å²) < 4.78 is 26.0. The molecule has 1 fully saturated rings. The van der Waals surface area contributed by atoms with Crippen molar-refractivity contribution in [2.45, 2.75) is 18.9 Å². The fourth-order valence-corrected chi connectivity index (χ4v) is 2.82. The molecule has 1 aromatic carbocycles. The number of likely N-dealkylation sites (tertiary alicyclic amines) is 1. The number of halogens is 2. The van der Waals surface area contributed by atoms with Gasteiger partial charge in [-0.25, -0.2) is 8.78 Å². The summed E-state index contributed by atoms with van der Waals surface area (Å²) in [6.45, 7) is 4.02. The highest BCUT2D eigenvalue weighted by Crippen LogP contribution is 2.18. The molecule has 0 bridgehead atoms. The van der Waals surface area contributed by atoms with Crippen LogP contribution in [-0.2, 0) is 0 Å². The molecule has 1 atom stereocenters. The molecule has 0 saturated carbocycles. The Morgan fingerprint density at radius 3 is 2.59 bits per heavy atom. The third kappa shape index (κ3) is 4.98. The Labute approximate surface area is 129 Å². The molecule has 0 aliphatic carbocycles. The van der Waals surface area contributed by atoms with Gasteiger partial charge in [0.15, 0.2) is 11.6 Å². The van der Waals surface area contributed by atoms with Gasteiger partial charge in [0, 0.05) is 13.1 Å². The van der Waals surface area contributed by atoms with Crippen molar-refractivity contribution < 1.29 is 19.0 Å². The lowest BCUT2D eigenvalue weighted by Gasteiger charge is -2.31. The van der Waals surface area contributed by atoms with Gasteiger partial charge < -0.3 is 20.4 Å². The van der Waals surface area contributed by atoms with Crippen LogP contribution >= 0.6 is 0 Å². The van der Waals surface area contributed by atoms with Crippen molar-refractivity contribution in [3.8, 4) is 0 Å². The molecule has 0 unspecified atom stereocenters. The Bertz CT molecular complexity index is 465. The number of hydrogen-bond donors (Lipinski definition) is 3. The fraction of sp³-hybridized carbons (Fsp3) is 0.625. The molecule has 1 aliphatic rings. The fourth-order valence-electron chi connectivity index (χ4n) is 2.82. The minimum absolute atomic E-state index is 0.198. The average molecular weight is 314 g/mol. The van der Waals surface area contributed by atoms with Crippen LogP contribution in [-0.4, -0.2) is 54.4 Å². The number of aliphatic hydroxyl groups is 2. The molecule has 0 amide bonds. The Morgan fingerprint density at radius 2 is 1.95 bits per heavy atom. The molecule has 124 valence electrons. The number of nitrogens with zero attached hydrogens (tertiary/aromatic N) is 1. The van der Waals surface area contributed by atoms with E-state index >= 15 is 0 Å². The van der Waals surface area contributed by atoms with Gasteiger partial charge in [-0.15, -0.1) is 0 Å². The van der Waals surface area contributed by atoms with Crippen LogP contribution in [0.4, 0.5) is 8.78 Å². The highest BCUT2D eigenvalue weighted by molar-refractivity contribution is 5.20. The number of rotatable bonds is 7. The van der Waals surface area contributed by atoms with Crippen molar-refractivity contribution in [2.24, 2.45) is 5.92 Å². The van der Waals surface area contributed by atoms with Gasteiger partial charge in [0.05, 0.1) is 12.7 Å². The molecular weight excluding hydrogens is 290 g/mol. The minimum Gasteiger partial charge on any atom is -0.395 e. The van der Waals surface area contributed by atoms with E-state index in [1.165, 1.54) is 6.07 Å². The van der Waals surface area contributed by atoms with Crippen molar-refractivity contribution >= 4 is 0 Å². The van der Waals surface area contributed by atoms with E-state index in [1.807, 2.05) is 0 Å². The first-order valence-corrected chi connectivity index (χ1v) is 7.77. The lowest BCUT2D eigenvalue weighted by atomic mass is 9.96. The Balaban J connectivity index is 1.69. The van der Waals surface area contributed by atoms with Crippen LogP contribution in [0.15, 0.2) is 18.2 Å². The van der Waals surface area contributed by atoms with E-state index in [0.717, 1.165) is 51.2 Å². The second kappa shape index (κ2) is 8.53. The minimum atomic E-state index is -0.937. The Hall–Kier alpha value is -1.08. The van der Waals surface area contributed by atoms with Crippen molar-refractivity contribution in [1.82, 2.24) is 10.2 Å². The van der Waals surface area contributed by atoms with Crippen LogP contribution < -0.4 is 5.32 Å². The standard InChI is InChI=1S/C16H24F2N2O2/c17-14-2-1-13(9-15(14)18)16(22)11-19-10-12-3-5-20(6-4-12)7-8-21/h1-2,9,12,16,19,21-22H,3-8,10-11H2/t16-/m1/s1. The summed E-state index contributed by atoms with van der Waals surface area (Å²) >= 11 is 0. The molecule has 0 radical (unpaired) electrons. The number of nitrogens with one attached hydrogen (secondary N) is 1. The molecule has 0 aromatic heterocycles. The zero-order chi connectivity index (χ0) is 15.9. The van der Waals surface area contributed by atoms with Crippen molar-refractivity contribution in [2.75, 3.05) is 39.3 Å². The Morgan fingerprint density at radius 1 is 1.23 bits per heavy atom. The van der Waals surface area contributed by atoms with E-state index in [0.29, 0.717) is 18.0 Å². The van der Waals surface area contributed by atoms with Crippen molar-refractivity contribution in [3.05, 3.63) is 35.4 Å². The zero-order valence-electron chi connectivity index (χ0n) is 12.6. The van der Waals surface area contributed by atoms with E-state index in [2.05, 4.69) is 10.2 Å². The average Bonchev–Trinajstić information content (AvgIpc) is 2.52. The maximum Gasteiger partial charge on any atom is 0.159 e. The SMILES string of the molecule is OCCN1CCC(CNC[C@@H](O)c2ccc(F)c(F)c2)CC1. The summed E-state index contributed by atoms with van der Waals surface area (Å²) in [5, 5.41) is 22.1. The van der Waals surface area contributed by atoms with Crippen molar-refractivity contribution in [3.63, 3.8) is 0 Å². The number of hydrogen-bond acceptors (Lipinski definition) is 4. The number of benzene rings is 1. The van der Waals surface area contributed by atoms with E-state index < -0.39 is 17.7 Å². The molecule has 2 rings (SSSR count). The molecule has 4 nitrogen and oxygen atoms in total. The molecule has 3 N–H and O–H groups in total. The molecule has 1 heterocycles. The lowest BCUT2D eigenvalue weighted by Crippen LogP contribution is -2.39. The largest absolute Gasteiger partial charge is 0.395 e. The van der Waals surface area contributed by atoms with Gasteiger partial charge in [-0.2, -0.15) is 0 Å². The second-order valence-corrected chi connectivity index (χ2v) is 5.86. The van der Waals surface area contributed by atoms with Gasteiger partial charge in [0.25, 0.3) is 0 Å². The van der Waals surface area contributed by atoms with Gasteiger partial charge in [-0.3, -0.25) is 0 Å². The molecule has 6 heteroatoms. The molecule has 1 aliphatic heterocycles. The zero-order valence-corrected chi connectivity index (χ0v) is 12.6. The third-order valence-electron chi connectivity index (χ3n) is 4.22. The van der Waals surface area contributed by atoms with Gasteiger partial charge in [0.2, 0.25) is 0 Å². The highest BCUT2D eigenvalue weighted by Gasteiger charge is 2.19. The predicted molar refractivity (Wildman–Crippen MR) is 80.4 cm³/mol. The van der Waals surface area contributed by atoms with E-state index in [-0.39, 0.29) is 6.61 Å². The molecule has 1 aromatic rings. The quantitative estimate of drug-likeness (QED) is 0.710. The van der Waals surface area contributed by atoms with E-state index in [1.54, 1.807) is 0 Å². The number of aliphatic hydroxyl groups excluding tert-OH is 2. The van der Waals surface area contributed by atoms with Crippen LogP contribution in [0.5, 0.6) is 0 Å². The summed E-state index contributed by atoms with van der Waals surface area (Å²) in [7, 11) is 0. The smallest absolute Gasteiger partial charge is 0.159 e. The topological polar surface area (TPSA) is 55.7 Å². The van der Waals surface area contributed by atoms with Crippen LogP contribution in [0, 0.1) is 17.6 Å². The molecule has 0 spiro atoms. The van der Waals surface area contributed by atoms with E-state index in [9.17, 15) is 13.9 Å². The first-order valence-electron chi connectivity index (χ1n) is 7.77. The van der Waals surface area contributed by atoms with Gasteiger partial charge in [-0.05, 0) is 56.1 Å². The monoisotopic (exact) mass is 314 g/mol. The second-order valence-electron chi connectivity index (χ2n) is 5.86. The summed E-state index contributed by atoms with van der Waals surface area (Å²) in [6, 6.07) is 3.47. The maximum absolute atomic E-state index is 13.1. The first kappa shape index (κ1) is 17.3. The molecule has 22 heavy (non-hydrogen) atoms. The highest BCUT2D eigenvalue weighted by atomic mass is 19.2. The van der Waals surface area contributed by atoms with Crippen LogP contribution in [0.2, 0.25) is 0 Å². The summed E-state index contributed by atoms with van der Waals surface area (Å²) in [4.78, 5) is 2.24. The first-order chi connectivity index (χ1) is 10.6. The maximum atomic E-state index is 13.1. The Kier molecular flexibility index (Phi) is 6.70. The number of piperidine rings is 1.